The molecular formula is C13H10FN3OS. The van der Waals surface area contributed by atoms with Gasteiger partial charge in [-0.1, -0.05) is 11.3 Å². The lowest BCUT2D eigenvalue weighted by atomic mass is 10.2. The van der Waals surface area contributed by atoms with E-state index in [-0.39, 0.29) is 5.82 Å². The summed E-state index contributed by atoms with van der Waals surface area (Å²) in [6, 6.07) is 9.96. The number of rotatable bonds is 4. The number of halogens is 1. The van der Waals surface area contributed by atoms with Gasteiger partial charge < -0.3 is 9.73 Å². The second-order valence-corrected chi connectivity index (χ2v) is 4.70. The lowest BCUT2D eigenvalue weighted by Crippen LogP contribution is -1.97. The molecule has 4 nitrogen and oxygen atoms in total. The zero-order chi connectivity index (χ0) is 13.1. The van der Waals surface area contributed by atoms with E-state index in [1.54, 1.807) is 17.6 Å². The second-order valence-electron chi connectivity index (χ2n) is 3.87. The van der Waals surface area contributed by atoms with E-state index in [0.717, 1.165) is 16.5 Å². The van der Waals surface area contributed by atoms with Gasteiger partial charge in [0, 0.05) is 5.56 Å². The number of nitrogens with zero attached hydrogens (tertiary/aromatic N) is 2. The van der Waals surface area contributed by atoms with Crippen LogP contribution in [-0.2, 0) is 6.54 Å². The minimum atomic E-state index is -0.256. The van der Waals surface area contributed by atoms with Gasteiger partial charge >= 0.3 is 0 Å². The zero-order valence-corrected chi connectivity index (χ0v) is 10.7. The number of benzene rings is 1. The van der Waals surface area contributed by atoms with E-state index in [2.05, 4.69) is 15.5 Å². The normalized spacial score (nSPS) is 10.6. The first kappa shape index (κ1) is 11.9. The molecule has 0 amide bonds. The van der Waals surface area contributed by atoms with Crippen molar-refractivity contribution in [2.24, 2.45) is 0 Å². The van der Waals surface area contributed by atoms with Crippen molar-refractivity contribution in [3.05, 3.63) is 53.5 Å². The third-order valence-corrected chi connectivity index (χ3v) is 3.21. The van der Waals surface area contributed by atoms with Crippen molar-refractivity contribution in [1.29, 1.82) is 0 Å². The summed E-state index contributed by atoms with van der Waals surface area (Å²) in [5, 5.41) is 11.5. The van der Waals surface area contributed by atoms with Crippen molar-refractivity contribution in [2.45, 2.75) is 6.54 Å². The Labute approximate surface area is 112 Å². The number of nitrogens with one attached hydrogen (secondary N) is 1. The lowest BCUT2D eigenvalue weighted by molar-refractivity contribution is 0.531. The van der Waals surface area contributed by atoms with Gasteiger partial charge in [0.25, 0.3) is 0 Å². The molecule has 0 fully saturated rings. The van der Waals surface area contributed by atoms with E-state index in [9.17, 15) is 4.39 Å². The van der Waals surface area contributed by atoms with Crippen LogP contribution in [0.1, 0.15) is 5.76 Å². The summed E-state index contributed by atoms with van der Waals surface area (Å²) < 4.78 is 18.5. The Morgan fingerprint density at radius 2 is 2.00 bits per heavy atom. The highest BCUT2D eigenvalue weighted by atomic mass is 32.1. The van der Waals surface area contributed by atoms with E-state index in [0.29, 0.717) is 12.3 Å². The van der Waals surface area contributed by atoms with Crippen LogP contribution in [0.4, 0.5) is 9.52 Å². The Kier molecular flexibility index (Phi) is 3.24. The third-order valence-electron chi connectivity index (χ3n) is 2.56. The number of aromatic nitrogens is 2. The largest absolute Gasteiger partial charge is 0.459 e. The molecule has 3 rings (SSSR count). The average molecular weight is 275 g/mol. The van der Waals surface area contributed by atoms with Gasteiger partial charge in [-0.25, -0.2) is 4.39 Å². The van der Waals surface area contributed by atoms with Gasteiger partial charge in [0.1, 0.15) is 22.8 Å². The molecule has 96 valence electrons. The molecule has 0 bridgehead atoms. The molecule has 0 aliphatic heterocycles. The minimum absolute atomic E-state index is 0.256. The van der Waals surface area contributed by atoms with Crippen LogP contribution in [0.15, 0.2) is 46.3 Å². The Morgan fingerprint density at radius 1 is 1.16 bits per heavy atom. The van der Waals surface area contributed by atoms with Gasteiger partial charge in [0.2, 0.25) is 5.13 Å². The number of hydrogen-bond acceptors (Lipinski definition) is 5. The Bertz CT molecular complexity index is 649. The monoisotopic (exact) mass is 275 g/mol. The lowest BCUT2D eigenvalue weighted by Gasteiger charge is -1.99. The molecule has 1 N–H and O–H groups in total. The Morgan fingerprint density at radius 3 is 2.74 bits per heavy atom. The van der Waals surface area contributed by atoms with Gasteiger partial charge in [-0.3, -0.25) is 0 Å². The number of hydrogen-bond donors (Lipinski definition) is 1. The maximum atomic E-state index is 12.8. The fourth-order valence-corrected chi connectivity index (χ4v) is 2.10. The van der Waals surface area contributed by atoms with Crippen molar-refractivity contribution in [2.75, 3.05) is 5.32 Å². The predicted octanol–water partition coefficient (Wildman–Crippen LogP) is 3.55. The summed E-state index contributed by atoms with van der Waals surface area (Å²) in [5.41, 5.74) is 2.51. The predicted molar refractivity (Wildman–Crippen MR) is 71.3 cm³/mol. The molecule has 0 aliphatic rings. The fraction of sp³-hybridized carbons (Fsp3) is 0.0769. The molecule has 0 atom stereocenters. The summed E-state index contributed by atoms with van der Waals surface area (Å²) in [4.78, 5) is 0. The molecule has 3 aromatic rings. The van der Waals surface area contributed by atoms with Crippen molar-refractivity contribution in [3.63, 3.8) is 0 Å². The Balaban J connectivity index is 1.70. The molecule has 1 aromatic carbocycles. The van der Waals surface area contributed by atoms with E-state index < -0.39 is 0 Å². The highest BCUT2D eigenvalue weighted by Crippen LogP contribution is 2.23. The molecule has 2 aromatic heterocycles. The SMILES string of the molecule is Fc1ccc(-c2ccc(CNc3nncs3)o2)cc1. The number of furan rings is 1. The average Bonchev–Trinajstić information content (AvgIpc) is 3.09. The topological polar surface area (TPSA) is 51.0 Å². The highest BCUT2D eigenvalue weighted by Gasteiger charge is 2.05. The molecule has 0 aliphatic carbocycles. The molecular weight excluding hydrogens is 265 g/mol. The van der Waals surface area contributed by atoms with Crippen LogP contribution >= 0.6 is 11.3 Å². The van der Waals surface area contributed by atoms with Crippen molar-refractivity contribution in [1.82, 2.24) is 10.2 Å². The molecule has 0 saturated carbocycles. The molecule has 19 heavy (non-hydrogen) atoms. The quantitative estimate of drug-likeness (QED) is 0.791. The third kappa shape index (κ3) is 2.79. The van der Waals surface area contributed by atoms with Crippen LogP contribution < -0.4 is 5.32 Å². The van der Waals surface area contributed by atoms with Gasteiger partial charge in [-0.05, 0) is 36.4 Å². The smallest absolute Gasteiger partial charge is 0.205 e. The summed E-state index contributed by atoms with van der Waals surface area (Å²) in [6.07, 6.45) is 0. The van der Waals surface area contributed by atoms with Crippen molar-refractivity contribution in [3.8, 4) is 11.3 Å². The molecule has 0 radical (unpaired) electrons. The summed E-state index contributed by atoms with van der Waals surface area (Å²) in [5.74, 6) is 1.25. The highest BCUT2D eigenvalue weighted by molar-refractivity contribution is 7.13. The van der Waals surface area contributed by atoms with Gasteiger partial charge in [-0.15, -0.1) is 10.2 Å². The van der Waals surface area contributed by atoms with E-state index in [1.807, 2.05) is 12.1 Å². The van der Waals surface area contributed by atoms with Crippen LogP contribution in [0.3, 0.4) is 0 Å². The standard InChI is InChI=1S/C13H10FN3OS/c14-10-3-1-9(2-4-10)12-6-5-11(18-12)7-15-13-17-16-8-19-13/h1-6,8H,7H2,(H,15,17). The van der Waals surface area contributed by atoms with E-state index in [1.165, 1.54) is 23.5 Å². The molecule has 2 heterocycles. The van der Waals surface area contributed by atoms with Gasteiger partial charge in [-0.2, -0.15) is 0 Å². The van der Waals surface area contributed by atoms with E-state index in [4.69, 9.17) is 4.42 Å². The van der Waals surface area contributed by atoms with Gasteiger partial charge in [0.05, 0.1) is 6.54 Å². The van der Waals surface area contributed by atoms with Crippen LogP contribution in [0.25, 0.3) is 11.3 Å². The van der Waals surface area contributed by atoms with Crippen LogP contribution in [0.5, 0.6) is 0 Å². The maximum Gasteiger partial charge on any atom is 0.205 e. The molecule has 0 spiro atoms. The Hall–Kier alpha value is -2.21. The van der Waals surface area contributed by atoms with Crippen molar-refractivity contribution >= 4 is 16.5 Å². The first-order valence-electron chi connectivity index (χ1n) is 5.66. The number of anilines is 1. The molecule has 6 heteroatoms. The minimum Gasteiger partial charge on any atom is -0.459 e. The summed E-state index contributed by atoms with van der Waals surface area (Å²) in [6.45, 7) is 0.538. The van der Waals surface area contributed by atoms with Crippen LogP contribution in [0.2, 0.25) is 0 Å². The summed E-state index contributed by atoms with van der Waals surface area (Å²) in [7, 11) is 0. The summed E-state index contributed by atoms with van der Waals surface area (Å²) >= 11 is 1.43. The van der Waals surface area contributed by atoms with E-state index >= 15 is 0 Å². The molecule has 0 unspecified atom stereocenters. The molecule has 0 saturated heterocycles. The van der Waals surface area contributed by atoms with Crippen molar-refractivity contribution < 1.29 is 8.81 Å². The van der Waals surface area contributed by atoms with Crippen LogP contribution in [0, 0.1) is 5.82 Å². The first-order chi connectivity index (χ1) is 9.31. The maximum absolute atomic E-state index is 12.8. The zero-order valence-electron chi connectivity index (χ0n) is 9.84. The van der Waals surface area contributed by atoms with Crippen LogP contribution in [-0.4, -0.2) is 10.2 Å². The van der Waals surface area contributed by atoms with Gasteiger partial charge in [0.15, 0.2) is 0 Å². The fourth-order valence-electron chi connectivity index (χ4n) is 1.66. The first-order valence-corrected chi connectivity index (χ1v) is 6.54. The second kappa shape index (κ2) is 5.19.